The summed E-state index contributed by atoms with van der Waals surface area (Å²) in [5.74, 6) is -0.728. The Morgan fingerprint density at radius 3 is 2.78 bits per heavy atom. The molecule has 0 saturated heterocycles. The van der Waals surface area contributed by atoms with E-state index in [4.69, 9.17) is 23.1 Å². The molecule has 0 bridgehead atoms. The van der Waals surface area contributed by atoms with E-state index in [-0.39, 0.29) is 5.96 Å². The molecule has 0 unspecified atom stereocenters. The van der Waals surface area contributed by atoms with Crippen molar-refractivity contribution in [2.75, 3.05) is 0 Å². The van der Waals surface area contributed by atoms with Gasteiger partial charge in [0.15, 0.2) is 5.96 Å². The van der Waals surface area contributed by atoms with Crippen LogP contribution in [0.3, 0.4) is 0 Å². The Balaban J connectivity index is 2.14. The van der Waals surface area contributed by atoms with Crippen LogP contribution < -0.4 is 11.5 Å². The van der Waals surface area contributed by atoms with Gasteiger partial charge in [-0.1, -0.05) is 11.6 Å². The van der Waals surface area contributed by atoms with Crippen LogP contribution in [0.15, 0.2) is 47.8 Å². The maximum Gasteiger partial charge on any atom is 0.281 e. The molecule has 3 rings (SSSR count). The summed E-state index contributed by atoms with van der Waals surface area (Å²) in [6, 6.07) is 7.36. The third-order valence-electron chi connectivity index (χ3n) is 3.45. The molecule has 116 valence electrons. The molecule has 2 aromatic heterocycles. The summed E-state index contributed by atoms with van der Waals surface area (Å²) in [4.78, 5) is 19.9. The number of guanidine groups is 1. The Kier molecular flexibility index (Phi) is 3.75. The number of nitrogens with zero attached hydrogens (tertiary/aromatic N) is 3. The molecule has 0 atom stereocenters. The van der Waals surface area contributed by atoms with E-state index in [9.17, 15) is 4.79 Å². The minimum Gasteiger partial charge on any atom is -0.370 e. The van der Waals surface area contributed by atoms with E-state index in [1.807, 2.05) is 29.8 Å². The molecular formula is C16H14ClN5O. The van der Waals surface area contributed by atoms with Crippen LogP contribution in [0.2, 0.25) is 5.02 Å². The van der Waals surface area contributed by atoms with Crippen LogP contribution in [0.25, 0.3) is 16.6 Å². The Labute approximate surface area is 137 Å². The lowest BCUT2D eigenvalue weighted by Crippen LogP contribution is -2.24. The first kappa shape index (κ1) is 15.1. The van der Waals surface area contributed by atoms with Gasteiger partial charge in [0.1, 0.15) is 0 Å². The van der Waals surface area contributed by atoms with Gasteiger partial charge in [0.25, 0.3) is 5.91 Å². The first-order chi connectivity index (χ1) is 11.0. The molecule has 0 saturated carbocycles. The van der Waals surface area contributed by atoms with Crippen molar-refractivity contribution in [1.29, 1.82) is 0 Å². The van der Waals surface area contributed by atoms with Gasteiger partial charge in [0.05, 0.1) is 16.8 Å². The highest BCUT2D eigenvalue weighted by atomic mass is 35.5. The zero-order chi connectivity index (χ0) is 16.6. The van der Waals surface area contributed by atoms with Gasteiger partial charge in [-0.05, 0) is 36.8 Å². The fraction of sp³-hybridized carbons (Fsp3) is 0.0625. The van der Waals surface area contributed by atoms with Gasteiger partial charge >= 0.3 is 0 Å². The summed E-state index contributed by atoms with van der Waals surface area (Å²) in [5.41, 5.74) is 13.4. The first-order valence-electron chi connectivity index (χ1n) is 6.83. The van der Waals surface area contributed by atoms with E-state index in [0.717, 1.165) is 22.2 Å². The Hall–Kier alpha value is -2.86. The summed E-state index contributed by atoms with van der Waals surface area (Å²) < 4.78 is 1.85. The van der Waals surface area contributed by atoms with Crippen molar-refractivity contribution in [2.24, 2.45) is 16.5 Å². The molecule has 0 aliphatic heterocycles. The quantitative estimate of drug-likeness (QED) is 0.557. The number of pyridine rings is 1. The number of nitrogens with two attached hydrogens (primary N) is 2. The van der Waals surface area contributed by atoms with E-state index in [2.05, 4.69) is 9.98 Å². The van der Waals surface area contributed by atoms with E-state index >= 15 is 0 Å². The van der Waals surface area contributed by atoms with E-state index in [1.54, 1.807) is 24.5 Å². The van der Waals surface area contributed by atoms with Crippen molar-refractivity contribution < 1.29 is 4.79 Å². The number of hydrogen-bond donors (Lipinski definition) is 2. The highest BCUT2D eigenvalue weighted by molar-refractivity contribution is 6.31. The second-order valence-corrected chi connectivity index (χ2v) is 5.53. The lowest BCUT2D eigenvalue weighted by atomic mass is 10.2. The van der Waals surface area contributed by atoms with Crippen LogP contribution in [0, 0.1) is 6.92 Å². The number of amides is 1. The molecule has 1 aromatic carbocycles. The number of fused-ring (bicyclic) bond motifs is 1. The van der Waals surface area contributed by atoms with Crippen LogP contribution >= 0.6 is 11.6 Å². The highest BCUT2D eigenvalue weighted by Gasteiger charge is 2.13. The average Bonchev–Trinajstić information content (AvgIpc) is 2.87. The summed E-state index contributed by atoms with van der Waals surface area (Å²) >= 11 is 6.01. The SMILES string of the molecule is Cc1cn(-c2ccnc3cc(Cl)ccc23)cc1C(=O)N=C(N)N. The molecule has 0 aliphatic rings. The minimum absolute atomic E-state index is 0.258. The third kappa shape index (κ3) is 2.89. The smallest absolute Gasteiger partial charge is 0.281 e. The predicted octanol–water partition coefficient (Wildman–Crippen LogP) is 2.40. The number of carbonyl (C=O) groups excluding carboxylic acids is 1. The second kappa shape index (κ2) is 5.73. The van der Waals surface area contributed by atoms with Gasteiger partial charge in [-0.3, -0.25) is 9.78 Å². The number of halogens is 1. The third-order valence-corrected chi connectivity index (χ3v) is 3.68. The summed E-state index contributed by atoms with van der Waals surface area (Å²) in [5, 5.41) is 1.54. The van der Waals surface area contributed by atoms with E-state index in [0.29, 0.717) is 10.6 Å². The molecule has 4 N–H and O–H groups in total. The van der Waals surface area contributed by atoms with E-state index in [1.165, 1.54) is 0 Å². The first-order valence-corrected chi connectivity index (χ1v) is 7.20. The maximum absolute atomic E-state index is 12.0. The molecule has 0 aliphatic carbocycles. The number of aryl methyl sites for hydroxylation is 1. The molecule has 0 fully saturated rings. The van der Waals surface area contributed by atoms with Crippen molar-refractivity contribution in [3.8, 4) is 5.69 Å². The monoisotopic (exact) mass is 327 g/mol. The summed E-state index contributed by atoms with van der Waals surface area (Å²) in [7, 11) is 0. The van der Waals surface area contributed by atoms with Crippen molar-refractivity contribution in [3.05, 3.63) is 59.0 Å². The minimum atomic E-state index is -0.470. The predicted molar refractivity (Wildman–Crippen MR) is 91.0 cm³/mol. The van der Waals surface area contributed by atoms with Gasteiger partial charge < -0.3 is 16.0 Å². The van der Waals surface area contributed by atoms with Crippen molar-refractivity contribution in [3.63, 3.8) is 0 Å². The fourth-order valence-electron chi connectivity index (χ4n) is 2.43. The maximum atomic E-state index is 12.0. The van der Waals surface area contributed by atoms with Gasteiger partial charge in [0, 0.05) is 29.0 Å². The molecule has 0 spiro atoms. The number of aromatic nitrogens is 2. The van der Waals surface area contributed by atoms with Crippen molar-refractivity contribution >= 4 is 34.4 Å². The van der Waals surface area contributed by atoms with E-state index < -0.39 is 5.91 Å². The average molecular weight is 328 g/mol. The number of benzene rings is 1. The molecule has 23 heavy (non-hydrogen) atoms. The number of aliphatic imine (C=N–C) groups is 1. The molecule has 2 heterocycles. The number of carbonyl (C=O) groups is 1. The van der Waals surface area contributed by atoms with Crippen LogP contribution in [-0.4, -0.2) is 21.4 Å². The lowest BCUT2D eigenvalue weighted by Gasteiger charge is -2.07. The lowest BCUT2D eigenvalue weighted by molar-refractivity contribution is 0.100. The normalized spacial score (nSPS) is 10.7. The zero-order valence-corrected chi connectivity index (χ0v) is 13.1. The standard InChI is InChI=1S/C16H14ClN5O/c1-9-7-22(8-12(9)15(23)21-16(18)19)14-4-5-20-13-6-10(17)2-3-11(13)14/h2-8H,1H3,(H4,18,19,21,23). The van der Waals surface area contributed by atoms with Crippen molar-refractivity contribution in [1.82, 2.24) is 9.55 Å². The number of rotatable bonds is 2. The Morgan fingerprint density at radius 1 is 1.26 bits per heavy atom. The Morgan fingerprint density at radius 2 is 2.04 bits per heavy atom. The van der Waals surface area contributed by atoms with Crippen LogP contribution in [0.1, 0.15) is 15.9 Å². The molecule has 1 amide bonds. The summed E-state index contributed by atoms with van der Waals surface area (Å²) in [6.45, 7) is 1.83. The van der Waals surface area contributed by atoms with Crippen molar-refractivity contribution in [2.45, 2.75) is 6.92 Å². The molecule has 6 nitrogen and oxygen atoms in total. The van der Waals surface area contributed by atoms with Gasteiger partial charge in [-0.25, -0.2) is 0 Å². The molecule has 7 heteroatoms. The molecule has 0 radical (unpaired) electrons. The number of hydrogen-bond acceptors (Lipinski definition) is 2. The second-order valence-electron chi connectivity index (χ2n) is 5.10. The fourth-order valence-corrected chi connectivity index (χ4v) is 2.59. The summed E-state index contributed by atoms with van der Waals surface area (Å²) in [6.07, 6.45) is 5.24. The largest absolute Gasteiger partial charge is 0.370 e. The van der Waals surface area contributed by atoms with Crippen LogP contribution in [0.4, 0.5) is 0 Å². The van der Waals surface area contributed by atoms with Gasteiger partial charge in [-0.2, -0.15) is 4.99 Å². The van der Waals surface area contributed by atoms with Crippen LogP contribution in [0.5, 0.6) is 0 Å². The molecule has 3 aromatic rings. The topological polar surface area (TPSA) is 99.3 Å². The Bertz CT molecular complexity index is 941. The highest BCUT2D eigenvalue weighted by Crippen LogP contribution is 2.25. The zero-order valence-electron chi connectivity index (χ0n) is 12.3. The van der Waals surface area contributed by atoms with Crippen LogP contribution in [-0.2, 0) is 0 Å². The van der Waals surface area contributed by atoms with Gasteiger partial charge in [-0.15, -0.1) is 0 Å². The molecular weight excluding hydrogens is 314 g/mol. The van der Waals surface area contributed by atoms with Gasteiger partial charge in [0.2, 0.25) is 0 Å².